The number of H-pyrrole nitrogens is 1. The molecule has 5 rings (SSSR count). The van der Waals surface area contributed by atoms with Crippen molar-refractivity contribution in [3.63, 3.8) is 0 Å². The van der Waals surface area contributed by atoms with E-state index >= 15 is 0 Å². The number of carbonyl (C=O) groups is 1. The normalized spacial score (nSPS) is 11.9. The number of carbonyl (C=O) groups excluding carboxylic acids is 1. The number of aromatic amines is 1. The summed E-state index contributed by atoms with van der Waals surface area (Å²) >= 11 is 0. The molecule has 8 nitrogen and oxygen atoms in total. The third-order valence-electron chi connectivity index (χ3n) is 5.62. The Morgan fingerprint density at radius 3 is 2.67 bits per heavy atom. The van der Waals surface area contributed by atoms with Gasteiger partial charge in [-0.15, -0.1) is 10.2 Å². The summed E-state index contributed by atoms with van der Waals surface area (Å²) in [5.41, 5.74) is 2.37. The van der Waals surface area contributed by atoms with Crippen LogP contribution in [-0.2, 0) is 4.79 Å². The third kappa shape index (κ3) is 4.18. The van der Waals surface area contributed by atoms with Crippen LogP contribution >= 0.6 is 0 Å². The van der Waals surface area contributed by atoms with E-state index in [0.717, 1.165) is 16.3 Å². The maximum absolute atomic E-state index is 13.2. The fourth-order valence-electron chi connectivity index (χ4n) is 4.10. The van der Waals surface area contributed by atoms with E-state index in [9.17, 15) is 4.79 Å². The van der Waals surface area contributed by atoms with Crippen LogP contribution < -0.4 is 10.1 Å². The van der Waals surface area contributed by atoms with E-state index < -0.39 is 0 Å². The molecule has 2 aromatic heterocycles. The van der Waals surface area contributed by atoms with E-state index in [2.05, 4.69) is 54.8 Å². The number of nitrogens with one attached hydrogen (secondary N) is 2. The minimum absolute atomic E-state index is 0.106. The molecule has 5 aromatic rings. The molecular weight excluding hydrogens is 416 g/mol. The summed E-state index contributed by atoms with van der Waals surface area (Å²) < 4.78 is 7.47. The van der Waals surface area contributed by atoms with Crippen LogP contribution in [0, 0.1) is 0 Å². The maximum atomic E-state index is 13.2. The molecule has 0 bridgehead atoms. The number of anilines is 1. The first-order chi connectivity index (χ1) is 16.2. The molecular formula is C25H22N6O2. The predicted octanol–water partition coefficient (Wildman–Crippen LogP) is 4.45. The highest BCUT2D eigenvalue weighted by Gasteiger charge is 2.20. The topological polar surface area (TPSA) is 97.7 Å². The van der Waals surface area contributed by atoms with Crippen molar-refractivity contribution in [1.29, 1.82) is 0 Å². The molecule has 2 N–H and O–H groups in total. The molecule has 0 radical (unpaired) electrons. The van der Waals surface area contributed by atoms with Gasteiger partial charge in [-0.05, 0) is 51.9 Å². The zero-order valence-corrected chi connectivity index (χ0v) is 18.0. The van der Waals surface area contributed by atoms with Gasteiger partial charge >= 0.3 is 0 Å². The minimum Gasteiger partial charge on any atom is -0.496 e. The fraction of sp³-hybridized carbons (Fsp3) is 0.120. The van der Waals surface area contributed by atoms with Gasteiger partial charge in [-0.25, -0.2) is 0 Å². The largest absolute Gasteiger partial charge is 0.496 e. The molecule has 0 unspecified atom stereocenters. The molecule has 0 aliphatic rings. The maximum Gasteiger partial charge on any atom is 0.226 e. The van der Waals surface area contributed by atoms with Gasteiger partial charge in [0.2, 0.25) is 11.7 Å². The number of hydrogen-bond donors (Lipinski definition) is 2. The van der Waals surface area contributed by atoms with Gasteiger partial charge in [-0.3, -0.25) is 4.79 Å². The van der Waals surface area contributed by atoms with Gasteiger partial charge in [0.25, 0.3) is 0 Å². The van der Waals surface area contributed by atoms with E-state index in [0.29, 0.717) is 22.8 Å². The van der Waals surface area contributed by atoms with E-state index in [1.807, 2.05) is 42.7 Å². The molecule has 2 heterocycles. The molecule has 0 saturated carbocycles. The van der Waals surface area contributed by atoms with Crippen LogP contribution in [0.25, 0.3) is 22.2 Å². The van der Waals surface area contributed by atoms with Gasteiger partial charge in [0.15, 0.2) is 0 Å². The number of aromatic nitrogens is 5. The summed E-state index contributed by atoms with van der Waals surface area (Å²) in [4.78, 5) is 13.2. The van der Waals surface area contributed by atoms with Crippen molar-refractivity contribution in [3.05, 3.63) is 90.8 Å². The quantitative estimate of drug-likeness (QED) is 0.391. The van der Waals surface area contributed by atoms with E-state index in [1.165, 1.54) is 0 Å². The monoisotopic (exact) mass is 438 g/mol. The molecule has 8 heteroatoms. The van der Waals surface area contributed by atoms with Crippen molar-refractivity contribution in [2.45, 2.75) is 12.5 Å². The minimum atomic E-state index is -0.152. The highest BCUT2D eigenvalue weighted by molar-refractivity contribution is 5.93. The van der Waals surface area contributed by atoms with Gasteiger partial charge in [-0.1, -0.05) is 42.5 Å². The van der Waals surface area contributed by atoms with Crippen LogP contribution in [0.15, 0.2) is 85.2 Å². The number of rotatable bonds is 7. The lowest BCUT2D eigenvalue weighted by Gasteiger charge is -2.21. The summed E-state index contributed by atoms with van der Waals surface area (Å²) in [6.07, 6.45) is 4.25. The van der Waals surface area contributed by atoms with Crippen molar-refractivity contribution in [1.82, 2.24) is 25.2 Å². The summed E-state index contributed by atoms with van der Waals surface area (Å²) in [5, 5.41) is 19.4. The molecule has 164 valence electrons. The Labute approximate surface area is 190 Å². The number of tetrazole rings is 1. The number of hydrogen-bond acceptors (Lipinski definition) is 5. The molecule has 3 aromatic carbocycles. The lowest BCUT2D eigenvalue weighted by molar-refractivity contribution is -0.116. The van der Waals surface area contributed by atoms with Crippen LogP contribution in [0.5, 0.6) is 5.75 Å². The SMILES string of the molecule is COc1ccc(NC(=O)C[C@H](c2cccc3ccccc23)n2cccc2)cc1-c1nn[nH]n1. The number of methoxy groups -OCH3 is 1. The van der Waals surface area contributed by atoms with Gasteiger partial charge in [0.05, 0.1) is 25.1 Å². The zero-order valence-electron chi connectivity index (χ0n) is 18.0. The molecule has 0 aliphatic heterocycles. The number of benzene rings is 3. The second-order valence-corrected chi connectivity index (χ2v) is 7.62. The second-order valence-electron chi connectivity index (χ2n) is 7.62. The lowest BCUT2D eigenvalue weighted by atomic mass is 9.96. The molecule has 0 spiro atoms. The van der Waals surface area contributed by atoms with Crippen LogP contribution in [0.4, 0.5) is 5.69 Å². The van der Waals surface area contributed by atoms with E-state index in [-0.39, 0.29) is 18.4 Å². The lowest BCUT2D eigenvalue weighted by Crippen LogP contribution is -2.20. The Hall–Kier alpha value is -4.46. The third-order valence-corrected chi connectivity index (χ3v) is 5.62. The van der Waals surface area contributed by atoms with Crippen molar-refractivity contribution in [3.8, 4) is 17.1 Å². The van der Waals surface area contributed by atoms with Crippen LogP contribution in [0.2, 0.25) is 0 Å². The fourth-order valence-corrected chi connectivity index (χ4v) is 4.10. The van der Waals surface area contributed by atoms with Crippen LogP contribution in [0.3, 0.4) is 0 Å². The Morgan fingerprint density at radius 2 is 1.88 bits per heavy atom. The van der Waals surface area contributed by atoms with Crippen LogP contribution in [-0.4, -0.2) is 38.2 Å². The number of ether oxygens (including phenoxy) is 1. The Morgan fingerprint density at radius 1 is 1.06 bits per heavy atom. The molecule has 1 amide bonds. The van der Waals surface area contributed by atoms with E-state index in [4.69, 9.17) is 4.74 Å². The van der Waals surface area contributed by atoms with Crippen molar-refractivity contribution in [2.24, 2.45) is 0 Å². The van der Waals surface area contributed by atoms with Gasteiger partial charge < -0.3 is 14.6 Å². The average Bonchev–Trinajstić information content (AvgIpc) is 3.57. The van der Waals surface area contributed by atoms with Crippen molar-refractivity contribution in [2.75, 3.05) is 12.4 Å². The van der Waals surface area contributed by atoms with Gasteiger partial charge in [0.1, 0.15) is 5.75 Å². The van der Waals surface area contributed by atoms with Crippen molar-refractivity contribution >= 4 is 22.4 Å². The number of fused-ring (bicyclic) bond motifs is 1. The van der Waals surface area contributed by atoms with E-state index in [1.54, 1.807) is 25.3 Å². The molecule has 0 fully saturated rings. The zero-order chi connectivity index (χ0) is 22.6. The van der Waals surface area contributed by atoms with Crippen LogP contribution in [0.1, 0.15) is 18.0 Å². The summed E-state index contributed by atoms with van der Waals surface area (Å²) in [6, 6.07) is 23.6. The second kappa shape index (κ2) is 8.96. The Balaban J connectivity index is 1.44. The Bertz CT molecular complexity index is 1370. The summed E-state index contributed by atoms with van der Waals surface area (Å²) in [5.74, 6) is 0.880. The highest BCUT2D eigenvalue weighted by atomic mass is 16.5. The first kappa shape index (κ1) is 20.4. The predicted molar refractivity (Wildman–Crippen MR) is 126 cm³/mol. The van der Waals surface area contributed by atoms with Gasteiger partial charge in [-0.2, -0.15) is 5.21 Å². The molecule has 1 atom stereocenters. The molecule has 0 saturated heterocycles. The van der Waals surface area contributed by atoms with Crippen molar-refractivity contribution < 1.29 is 9.53 Å². The molecule has 0 aliphatic carbocycles. The molecule has 33 heavy (non-hydrogen) atoms. The first-order valence-corrected chi connectivity index (χ1v) is 10.5. The average molecular weight is 438 g/mol. The summed E-state index contributed by atoms with van der Waals surface area (Å²) in [7, 11) is 1.57. The number of amides is 1. The van der Waals surface area contributed by atoms with Gasteiger partial charge in [0, 0.05) is 18.1 Å². The standard InChI is InChI=1S/C25H22N6O2/c1-33-23-12-11-18(15-21(23)25-27-29-30-28-25)26-24(32)16-22(31-13-4-5-14-31)20-10-6-8-17-7-2-3-9-19(17)20/h2-15,22H,16H2,1H3,(H,26,32)(H,27,28,29,30)/t22-/m1/s1. The smallest absolute Gasteiger partial charge is 0.226 e. The Kier molecular flexibility index (Phi) is 5.55. The first-order valence-electron chi connectivity index (χ1n) is 10.5. The highest BCUT2D eigenvalue weighted by Crippen LogP contribution is 2.32. The summed E-state index contributed by atoms with van der Waals surface area (Å²) in [6.45, 7) is 0. The number of nitrogens with zero attached hydrogens (tertiary/aromatic N) is 4.